The van der Waals surface area contributed by atoms with E-state index in [0.29, 0.717) is 37.4 Å². The standard InChI is InChI=1S/C17H18F3N3/c1-12-6-9-21-16(22-12)23-10-7-13(8-11-23)14-4-2-3-5-15(14)17(18,19)20/h2-6,9,13H,7-8,10-11H2,1H3. The molecule has 1 saturated heterocycles. The molecule has 23 heavy (non-hydrogen) atoms. The summed E-state index contributed by atoms with van der Waals surface area (Å²) in [6, 6.07) is 7.73. The number of benzene rings is 1. The lowest BCUT2D eigenvalue weighted by molar-refractivity contribution is -0.138. The van der Waals surface area contributed by atoms with Gasteiger partial charge in [-0.15, -0.1) is 0 Å². The van der Waals surface area contributed by atoms with E-state index in [4.69, 9.17) is 0 Å². The number of hydrogen-bond acceptors (Lipinski definition) is 3. The molecule has 3 nitrogen and oxygen atoms in total. The summed E-state index contributed by atoms with van der Waals surface area (Å²) in [6.45, 7) is 3.23. The van der Waals surface area contributed by atoms with Gasteiger partial charge in [0.2, 0.25) is 5.95 Å². The predicted molar refractivity (Wildman–Crippen MR) is 82.4 cm³/mol. The van der Waals surface area contributed by atoms with Crippen LogP contribution in [0.3, 0.4) is 0 Å². The van der Waals surface area contributed by atoms with Crippen LogP contribution in [0.5, 0.6) is 0 Å². The summed E-state index contributed by atoms with van der Waals surface area (Å²) in [6.07, 6.45) is -1.25. The number of anilines is 1. The number of nitrogens with zero attached hydrogens (tertiary/aromatic N) is 3. The minimum absolute atomic E-state index is 0.0751. The topological polar surface area (TPSA) is 29.0 Å². The highest BCUT2D eigenvalue weighted by Gasteiger charge is 2.35. The van der Waals surface area contributed by atoms with Crippen LogP contribution in [0.4, 0.5) is 19.1 Å². The molecule has 0 amide bonds. The molecule has 0 aliphatic carbocycles. The minimum atomic E-state index is -4.30. The van der Waals surface area contributed by atoms with Gasteiger partial charge >= 0.3 is 6.18 Å². The Hall–Kier alpha value is -2.11. The SMILES string of the molecule is Cc1ccnc(N2CCC(c3ccccc3C(F)(F)F)CC2)n1. The molecule has 122 valence electrons. The number of halogens is 3. The highest BCUT2D eigenvalue weighted by Crippen LogP contribution is 2.38. The van der Waals surface area contributed by atoms with Gasteiger partial charge < -0.3 is 4.90 Å². The second-order valence-electron chi connectivity index (χ2n) is 5.84. The number of hydrogen-bond donors (Lipinski definition) is 0. The van der Waals surface area contributed by atoms with Crippen molar-refractivity contribution in [3.8, 4) is 0 Å². The minimum Gasteiger partial charge on any atom is -0.341 e. The van der Waals surface area contributed by atoms with Crippen LogP contribution < -0.4 is 4.90 Å². The molecular weight excluding hydrogens is 303 g/mol. The molecular formula is C17H18F3N3. The van der Waals surface area contributed by atoms with Crippen molar-refractivity contribution in [2.24, 2.45) is 0 Å². The monoisotopic (exact) mass is 321 g/mol. The summed E-state index contributed by atoms with van der Waals surface area (Å²) in [5.74, 6) is 0.585. The summed E-state index contributed by atoms with van der Waals surface area (Å²) in [5.41, 5.74) is 0.787. The fraction of sp³-hybridized carbons (Fsp3) is 0.412. The molecule has 1 aliphatic rings. The Morgan fingerprint density at radius 1 is 1.09 bits per heavy atom. The van der Waals surface area contributed by atoms with Crippen LogP contribution in [0.1, 0.15) is 35.6 Å². The van der Waals surface area contributed by atoms with Crippen molar-refractivity contribution in [1.82, 2.24) is 9.97 Å². The van der Waals surface area contributed by atoms with Crippen molar-refractivity contribution in [2.45, 2.75) is 31.9 Å². The zero-order valence-electron chi connectivity index (χ0n) is 12.8. The van der Waals surface area contributed by atoms with Crippen molar-refractivity contribution in [2.75, 3.05) is 18.0 Å². The molecule has 0 bridgehead atoms. The molecule has 0 spiro atoms. The highest BCUT2D eigenvalue weighted by atomic mass is 19.4. The van der Waals surface area contributed by atoms with Gasteiger partial charge in [-0.3, -0.25) is 0 Å². The molecule has 1 aliphatic heterocycles. The predicted octanol–water partition coefficient (Wildman–Crippen LogP) is 4.19. The van der Waals surface area contributed by atoms with Gasteiger partial charge in [-0.05, 0) is 43.4 Å². The largest absolute Gasteiger partial charge is 0.416 e. The maximum absolute atomic E-state index is 13.2. The summed E-state index contributed by atoms with van der Waals surface area (Å²) in [4.78, 5) is 10.7. The summed E-state index contributed by atoms with van der Waals surface area (Å²) in [5, 5.41) is 0. The Kier molecular flexibility index (Phi) is 4.24. The molecule has 0 unspecified atom stereocenters. The van der Waals surface area contributed by atoms with Crippen LogP contribution in [-0.4, -0.2) is 23.1 Å². The third-order valence-electron chi connectivity index (χ3n) is 4.27. The van der Waals surface area contributed by atoms with Gasteiger partial charge in [0, 0.05) is 25.0 Å². The molecule has 3 rings (SSSR count). The molecule has 2 heterocycles. The van der Waals surface area contributed by atoms with Gasteiger partial charge in [0.1, 0.15) is 0 Å². The molecule has 1 aromatic heterocycles. The van der Waals surface area contributed by atoms with Crippen molar-refractivity contribution in [3.63, 3.8) is 0 Å². The first-order valence-electron chi connectivity index (χ1n) is 7.66. The van der Waals surface area contributed by atoms with Gasteiger partial charge in [0.05, 0.1) is 5.56 Å². The molecule has 0 N–H and O–H groups in total. The van der Waals surface area contributed by atoms with Gasteiger partial charge in [-0.25, -0.2) is 9.97 Å². The van der Waals surface area contributed by atoms with E-state index in [9.17, 15) is 13.2 Å². The lowest BCUT2D eigenvalue weighted by Gasteiger charge is -2.33. The second kappa shape index (κ2) is 6.18. The Bertz CT molecular complexity index is 677. The van der Waals surface area contributed by atoms with E-state index in [2.05, 4.69) is 9.97 Å². The van der Waals surface area contributed by atoms with Gasteiger partial charge in [0.15, 0.2) is 0 Å². The normalized spacial score (nSPS) is 16.6. The molecule has 0 atom stereocenters. The second-order valence-corrected chi connectivity index (χ2v) is 5.84. The third kappa shape index (κ3) is 3.46. The smallest absolute Gasteiger partial charge is 0.341 e. The molecule has 2 aromatic rings. The molecule has 1 aromatic carbocycles. The van der Waals surface area contributed by atoms with Crippen LogP contribution >= 0.6 is 0 Å². The van der Waals surface area contributed by atoms with E-state index < -0.39 is 11.7 Å². The van der Waals surface area contributed by atoms with Gasteiger partial charge in [-0.2, -0.15) is 13.2 Å². The van der Waals surface area contributed by atoms with Crippen molar-refractivity contribution in [3.05, 3.63) is 53.3 Å². The van der Waals surface area contributed by atoms with Crippen LogP contribution in [0.15, 0.2) is 36.5 Å². The highest BCUT2D eigenvalue weighted by molar-refractivity contribution is 5.36. The first-order chi connectivity index (χ1) is 10.9. The number of alkyl halides is 3. The summed E-state index contributed by atoms with van der Waals surface area (Å²) < 4.78 is 39.5. The Morgan fingerprint density at radius 3 is 2.43 bits per heavy atom. The molecule has 0 saturated carbocycles. The quantitative estimate of drug-likeness (QED) is 0.830. The lowest BCUT2D eigenvalue weighted by atomic mass is 9.86. The van der Waals surface area contributed by atoms with E-state index in [1.54, 1.807) is 18.3 Å². The Balaban J connectivity index is 1.75. The van der Waals surface area contributed by atoms with Crippen LogP contribution in [0, 0.1) is 6.92 Å². The number of aryl methyl sites for hydroxylation is 1. The maximum Gasteiger partial charge on any atom is 0.416 e. The van der Waals surface area contributed by atoms with Crippen LogP contribution in [0.25, 0.3) is 0 Å². The van der Waals surface area contributed by atoms with E-state index in [0.717, 1.165) is 5.69 Å². The van der Waals surface area contributed by atoms with Crippen molar-refractivity contribution >= 4 is 5.95 Å². The molecule has 0 radical (unpaired) electrons. The molecule has 1 fully saturated rings. The van der Waals surface area contributed by atoms with Crippen LogP contribution in [-0.2, 0) is 6.18 Å². The van der Waals surface area contributed by atoms with Crippen LogP contribution in [0.2, 0.25) is 0 Å². The Labute approximate surface area is 133 Å². The first kappa shape index (κ1) is 15.8. The first-order valence-corrected chi connectivity index (χ1v) is 7.66. The van der Waals surface area contributed by atoms with E-state index in [1.165, 1.54) is 12.1 Å². The van der Waals surface area contributed by atoms with Gasteiger partial charge in [0.25, 0.3) is 0 Å². The average molecular weight is 321 g/mol. The number of aromatic nitrogens is 2. The summed E-state index contributed by atoms with van der Waals surface area (Å²) >= 11 is 0. The lowest BCUT2D eigenvalue weighted by Crippen LogP contribution is -2.34. The fourth-order valence-corrected chi connectivity index (χ4v) is 3.09. The number of rotatable bonds is 2. The van der Waals surface area contributed by atoms with Crippen molar-refractivity contribution in [1.29, 1.82) is 0 Å². The van der Waals surface area contributed by atoms with Crippen molar-refractivity contribution < 1.29 is 13.2 Å². The zero-order valence-corrected chi connectivity index (χ0v) is 12.8. The Morgan fingerprint density at radius 2 is 1.78 bits per heavy atom. The summed E-state index contributed by atoms with van der Waals surface area (Å²) in [7, 11) is 0. The third-order valence-corrected chi connectivity index (χ3v) is 4.27. The van der Waals surface area contributed by atoms with E-state index in [-0.39, 0.29) is 5.92 Å². The average Bonchev–Trinajstić information content (AvgIpc) is 2.54. The van der Waals surface area contributed by atoms with Gasteiger partial charge in [-0.1, -0.05) is 18.2 Å². The number of piperidine rings is 1. The molecule has 6 heteroatoms. The van der Waals surface area contributed by atoms with E-state index in [1.807, 2.05) is 17.9 Å². The van der Waals surface area contributed by atoms with E-state index >= 15 is 0 Å². The zero-order chi connectivity index (χ0) is 16.4. The maximum atomic E-state index is 13.2. The fourth-order valence-electron chi connectivity index (χ4n) is 3.09.